The number of esters is 1. The number of carbonyl (C=O) groups is 2. The van der Waals surface area contributed by atoms with Crippen molar-refractivity contribution in [2.75, 3.05) is 6.61 Å². The molecule has 0 aliphatic heterocycles. The molecule has 1 aromatic rings. The fourth-order valence-electron chi connectivity index (χ4n) is 2.05. The van der Waals surface area contributed by atoms with Gasteiger partial charge in [0.05, 0.1) is 12.2 Å². The van der Waals surface area contributed by atoms with Crippen molar-refractivity contribution in [2.45, 2.75) is 19.5 Å². The molecule has 1 aliphatic rings. The number of alkyl halides is 1. The van der Waals surface area contributed by atoms with Crippen molar-refractivity contribution in [2.24, 2.45) is 11.7 Å². The molecule has 2 rings (SSSR count). The van der Waals surface area contributed by atoms with Gasteiger partial charge in [0, 0.05) is 17.7 Å². The predicted molar refractivity (Wildman–Crippen MR) is 71.5 cm³/mol. The van der Waals surface area contributed by atoms with Crippen LogP contribution in [-0.4, -0.2) is 24.5 Å². The van der Waals surface area contributed by atoms with Crippen molar-refractivity contribution in [1.29, 1.82) is 0 Å². The number of ether oxygens (including phenoxy) is 1. The Balaban J connectivity index is 2.50. The summed E-state index contributed by atoms with van der Waals surface area (Å²) in [4.78, 5) is 24.2. The highest BCUT2D eigenvalue weighted by atomic mass is 19.2. The second-order valence-electron chi connectivity index (χ2n) is 4.98. The van der Waals surface area contributed by atoms with Gasteiger partial charge in [-0.3, -0.25) is 4.79 Å². The molecule has 2 atom stereocenters. The number of Topliss-reactive ketones (excluding diaryl/α,β-unsaturated/α-hetero) is 1. The van der Waals surface area contributed by atoms with Crippen LogP contribution < -0.4 is 5.73 Å². The second kappa shape index (κ2) is 6.39. The molecule has 0 amide bonds. The van der Waals surface area contributed by atoms with Gasteiger partial charge in [0.1, 0.15) is 17.6 Å². The Morgan fingerprint density at radius 2 is 1.78 bits per heavy atom. The van der Waals surface area contributed by atoms with E-state index in [-0.39, 0.29) is 24.8 Å². The van der Waals surface area contributed by atoms with Crippen LogP contribution in [0.3, 0.4) is 0 Å². The Labute approximate surface area is 128 Å². The molecule has 0 radical (unpaired) electrons. The van der Waals surface area contributed by atoms with Gasteiger partial charge >= 0.3 is 5.97 Å². The zero-order valence-electron chi connectivity index (χ0n) is 12.0. The van der Waals surface area contributed by atoms with E-state index in [0.717, 1.165) is 0 Å². The topological polar surface area (TPSA) is 69.4 Å². The third kappa shape index (κ3) is 3.35. The molecule has 0 saturated heterocycles. The van der Waals surface area contributed by atoms with E-state index in [1.807, 2.05) is 0 Å². The summed E-state index contributed by atoms with van der Waals surface area (Å²) in [5.41, 5.74) is 3.60. The number of rotatable bonds is 5. The molecule has 0 spiro atoms. The lowest BCUT2D eigenvalue weighted by Crippen LogP contribution is -2.23. The molecule has 0 heterocycles. The summed E-state index contributed by atoms with van der Waals surface area (Å²) < 4.78 is 57.7. The quantitative estimate of drug-likeness (QED) is 0.171. The number of hydrogen-bond donors (Lipinski definition) is 1. The SMILES string of the molecule is CCOC(=O)C(C(=O)c1cc(F)c(F)cc1F)=C(N)C1CC1F. The number of hydrogen-bond acceptors (Lipinski definition) is 4. The number of benzene rings is 1. The fraction of sp³-hybridized carbons (Fsp3) is 0.333. The average molecular weight is 331 g/mol. The van der Waals surface area contributed by atoms with E-state index in [9.17, 15) is 27.2 Å². The molecular weight excluding hydrogens is 318 g/mol. The summed E-state index contributed by atoms with van der Waals surface area (Å²) >= 11 is 0. The first-order chi connectivity index (χ1) is 10.8. The van der Waals surface area contributed by atoms with Crippen LogP contribution >= 0.6 is 0 Å². The molecule has 2 N–H and O–H groups in total. The van der Waals surface area contributed by atoms with Crippen LogP contribution in [0.2, 0.25) is 0 Å². The van der Waals surface area contributed by atoms with Gasteiger partial charge in [0.2, 0.25) is 5.78 Å². The lowest BCUT2D eigenvalue weighted by molar-refractivity contribution is -0.138. The first kappa shape index (κ1) is 17.0. The zero-order chi connectivity index (χ0) is 17.3. The van der Waals surface area contributed by atoms with Crippen LogP contribution in [0.1, 0.15) is 23.7 Å². The first-order valence-electron chi connectivity index (χ1n) is 6.78. The fourth-order valence-corrected chi connectivity index (χ4v) is 2.05. The Morgan fingerprint density at radius 1 is 1.22 bits per heavy atom. The molecule has 1 aromatic carbocycles. The second-order valence-corrected chi connectivity index (χ2v) is 4.98. The third-order valence-electron chi connectivity index (χ3n) is 3.36. The van der Waals surface area contributed by atoms with E-state index in [0.29, 0.717) is 6.07 Å². The molecule has 8 heteroatoms. The van der Waals surface area contributed by atoms with Crippen molar-refractivity contribution in [3.05, 3.63) is 46.4 Å². The van der Waals surface area contributed by atoms with Gasteiger partial charge < -0.3 is 10.5 Å². The Hall–Kier alpha value is -2.38. The Kier molecular flexibility index (Phi) is 4.72. The molecule has 4 nitrogen and oxygen atoms in total. The molecule has 124 valence electrons. The van der Waals surface area contributed by atoms with Crippen molar-refractivity contribution in [1.82, 2.24) is 0 Å². The zero-order valence-corrected chi connectivity index (χ0v) is 12.0. The largest absolute Gasteiger partial charge is 0.462 e. The highest BCUT2D eigenvalue weighted by molar-refractivity contribution is 6.24. The number of nitrogens with two attached hydrogens (primary N) is 1. The monoisotopic (exact) mass is 331 g/mol. The van der Waals surface area contributed by atoms with E-state index in [1.54, 1.807) is 0 Å². The van der Waals surface area contributed by atoms with E-state index in [1.165, 1.54) is 6.92 Å². The minimum atomic E-state index is -1.49. The van der Waals surface area contributed by atoms with Crippen LogP contribution in [0.4, 0.5) is 17.6 Å². The highest BCUT2D eigenvalue weighted by Gasteiger charge is 2.43. The summed E-state index contributed by atoms with van der Waals surface area (Å²) in [5, 5.41) is 0. The summed E-state index contributed by atoms with van der Waals surface area (Å²) in [5.74, 6) is -7.62. The standard InChI is InChI=1S/C15H13F4NO3/c1-2-23-15(22)12(13(20)6-3-8(6)16)14(21)7-4-10(18)11(19)5-9(7)17/h4-6,8H,2-3,20H2,1H3. The Bertz CT molecular complexity index is 702. The third-order valence-corrected chi connectivity index (χ3v) is 3.36. The van der Waals surface area contributed by atoms with Crippen molar-refractivity contribution < 1.29 is 31.9 Å². The van der Waals surface area contributed by atoms with Gasteiger partial charge in [0.25, 0.3) is 0 Å². The lowest BCUT2D eigenvalue weighted by Gasteiger charge is -2.11. The van der Waals surface area contributed by atoms with Gasteiger partial charge in [-0.1, -0.05) is 0 Å². The van der Waals surface area contributed by atoms with Gasteiger partial charge in [-0.05, 0) is 19.4 Å². The normalized spacial score (nSPS) is 20.7. The van der Waals surface area contributed by atoms with Crippen LogP contribution in [0.5, 0.6) is 0 Å². The number of allylic oxidation sites excluding steroid dienone is 1. The van der Waals surface area contributed by atoms with E-state index < -0.39 is 52.4 Å². The van der Waals surface area contributed by atoms with Crippen LogP contribution in [0.25, 0.3) is 0 Å². The molecule has 23 heavy (non-hydrogen) atoms. The van der Waals surface area contributed by atoms with Crippen LogP contribution in [0.15, 0.2) is 23.4 Å². The molecule has 1 aliphatic carbocycles. The smallest absolute Gasteiger partial charge is 0.343 e. The van der Waals surface area contributed by atoms with Gasteiger partial charge in [-0.2, -0.15) is 0 Å². The van der Waals surface area contributed by atoms with Gasteiger partial charge in [-0.15, -0.1) is 0 Å². The average Bonchev–Trinajstić information content (AvgIpc) is 3.20. The van der Waals surface area contributed by atoms with Gasteiger partial charge in [-0.25, -0.2) is 22.4 Å². The Morgan fingerprint density at radius 3 is 2.30 bits per heavy atom. The molecule has 0 aromatic heterocycles. The summed E-state index contributed by atoms with van der Waals surface area (Å²) in [6, 6.07) is 0.496. The molecule has 1 saturated carbocycles. The maximum absolute atomic E-state index is 13.7. The predicted octanol–water partition coefficient (Wildman–Crippen LogP) is 2.42. The summed E-state index contributed by atoms with van der Waals surface area (Å²) in [6.45, 7) is 1.36. The van der Waals surface area contributed by atoms with E-state index >= 15 is 0 Å². The lowest BCUT2D eigenvalue weighted by atomic mass is 9.99. The number of carbonyl (C=O) groups excluding carboxylic acids is 2. The molecule has 0 bridgehead atoms. The molecule has 2 unspecified atom stereocenters. The van der Waals surface area contributed by atoms with E-state index in [4.69, 9.17) is 5.73 Å². The van der Waals surface area contributed by atoms with Crippen LogP contribution in [0, 0.1) is 23.4 Å². The maximum Gasteiger partial charge on any atom is 0.343 e. The molecular formula is C15H13F4NO3. The van der Waals surface area contributed by atoms with Crippen molar-refractivity contribution in [3.63, 3.8) is 0 Å². The number of halogens is 4. The van der Waals surface area contributed by atoms with Crippen LogP contribution in [-0.2, 0) is 9.53 Å². The molecule has 1 fully saturated rings. The maximum atomic E-state index is 13.7. The van der Waals surface area contributed by atoms with Gasteiger partial charge in [0.15, 0.2) is 11.6 Å². The number of ketones is 1. The minimum Gasteiger partial charge on any atom is -0.462 e. The van der Waals surface area contributed by atoms with E-state index in [2.05, 4.69) is 4.74 Å². The van der Waals surface area contributed by atoms with Crippen molar-refractivity contribution in [3.8, 4) is 0 Å². The minimum absolute atomic E-state index is 0.0162. The highest BCUT2D eigenvalue weighted by Crippen LogP contribution is 2.39. The summed E-state index contributed by atoms with van der Waals surface area (Å²) in [7, 11) is 0. The first-order valence-corrected chi connectivity index (χ1v) is 6.78. The summed E-state index contributed by atoms with van der Waals surface area (Å²) in [6.07, 6.45) is -1.30. The van der Waals surface area contributed by atoms with Crippen molar-refractivity contribution >= 4 is 11.8 Å².